The van der Waals surface area contributed by atoms with Crippen molar-refractivity contribution in [1.29, 1.82) is 0 Å². The minimum Gasteiger partial charge on any atom is -0.491 e. The molecule has 2 rings (SSSR count). The third-order valence-corrected chi connectivity index (χ3v) is 3.15. The Labute approximate surface area is 118 Å². The number of hydrogen-bond acceptors (Lipinski definition) is 4. The number of carboxylic acids is 1. The van der Waals surface area contributed by atoms with Crippen molar-refractivity contribution in [2.45, 2.75) is 32.4 Å². The Kier molecular flexibility index (Phi) is 3.79. The van der Waals surface area contributed by atoms with Crippen LogP contribution in [0.3, 0.4) is 0 Å². The van der Waals surface area contributed by atoms with E-state index < -0.39 is 11.5 Å². The second-order valence-electron chi connectivity index (χ2n) is 5.02. The number of rotatable bonds is 4. The summed E-state index contributed by atoms with van der Waals surface area (Å²) in [4.78, 5) is 15.8. The summed E-state index contributed by atoms with van der Waals surface area (Å²) < 4.78 is 5.78. The highest BCUT2D eigenvalue weighted by atomic mass is 16.5. The Morgan fingerprint density at radius 1 is 1.40 bits per heavy atom. The lowest BCUT2D eigenvalue weighted by Gasteiger charge is -2.30. The second-order valence-corrected chi connectivity index (χ2v) is 5.02. The fourth-order valence-corrected chi connectivity index (χ4v) is 2.21. The Morgan fingerprint density at radius 3 is 2.75 bits per heavy atom. The molecule has 0 bridgehead atoms. The third-order valence-electron chi connectivity index (χ3n) is 3.15. The molecule has 1 aliphatic heterocycles. The first-order chi connectivity index (χ1) is 9.45. The summed E-state index contributed by atoms with van der Waals surface area (Å²) >= 11 is 0. The maximum atomic E-state index is 11.5. The smallest absolute Gasteiger partial charge is 0.335 e. The van der Waals surface area contributed by atoms with Crippen molar-refractivity contribution in [2.75, 3.05) is 0 Å². The van der Waals surface area contributed by atoms with Gasteiger partial charge in [0.2, 0.25) is 0 Å². The van der Waals surface area contributed by atoms with E-state index >= 15 is 0 Å². The molecule has 1 aliphatic rings. The summed E-state index contributed by atoms with van der Waals surface area (Å²) in [6.07, 6.45) is 2.96. The van der Waals surface area contributed by atoms with Gasteiger partial charge in [-0.05, 0) is 26.8 Å². The van der Waals surface area contributed by atoms with Crippen LogP contribution in [0.2, 0.25) is 0 Å². The molecule has 0 saturated heterocycles. The van der Waals surface area contributed by atoms with E-state index in [0.29, 0.717) is 5.75 Å². The molecule has 106 valence electrons. The average molecular weight is 274 g/mol. The molecule has 0 fully saturated rings. The lowest BCUT2D eigenvalue weighted by Crippen LogP contribution is -2.33. The molecule has 5 heteroatoms. The van der Waals surface area contributed by atoms with Crippen LogP contribution in [0.15, 0.2) is 41.0 Å². The normalized spacial score (nSPS) is 21.3. The van der Waals surface area contributed by atoms with Crippen LogP contribution in [-0.2, 0) is 10.3 Å². The molecule has 5 nitrogen and oxygen atoms in total. The summed E-state index contributed by atoms with van der Waals surface area (Å²) in [5.74, 6) is -0.354. The number of carbonyl (C=O) groups is 1. The van der Waals surface area contributed by atoms with Gasteiger partial charge >= 0.3 is 5.97 Å². The molecule has 0 aliphatic carbocycles. The van der Waals surface area contributed by atoms with E-state index in [1.165, 1.54) is 12.5 Å². The molecule has 0 spiro atoms. The van der Waals surface area contributed by atoms with Gasteiger partial charge in [0.15, 0.2) is 0 Å². The Hall–Kier alpha value is -2.30. The van der Waals surface area contributed by atoms with Crippen LogP contribution in [-0.4, -0.2) is 23.5 Å². The minimum absolute atomic E-state index is 0.00250. The number of ether oxygens (including phenoxy) is 1. The van der Waals surface area contributed by atoms with Crippen molar-refractivity contribution in [2.24, 2.45) is 4.99 Å². The van der Waals surface area contributed by atoms with Gasteiger partial charge in [-0.25, -0.2) is 4.79 Å². The summed E-state index contributed by atoms with van der Waals surface area (Å²) in [5.41, 5.74) is -0.0531. The SMILES string of the molecule is CC(C)Oc1ccccc1C1(C)N=CNC=C1C(=O)O. The average Bonchev–Trinajstić information content (AvgIpc) is 2.38. The van der Waals surface area contributed by atoms with Gasteiger partial charge in [-0.3, -0.25) is 4.99 Å². The van der Waals surface area contributed by atoms with Gasteiger partial charge in [0.1, 0.15) is 11.3 Å². The first kappa shape index (κ1) is 14.1. The zero-order chi connectivity index (χ0) is 14.8. The van der Waals surface area contributed by atoms with Crippen molar-refractivity contribution >= 4 is 12.3 Å². The minimum atomic E-state index is -1.00. The quantitative estimate of drug-likeness (QED) is 0.883. The van der Waals surface area contributed by atoms with Gasteiger partial charge < -0.3 is 15.2 Å². The van der Waals surface area contributed by atoms with E-state index in [0.717, 1.165) is 5.56 Å². The molecule has 0 aromatic heterocycles. The monoisotopic (exact) mass is 274 g/mol. The van der Waals surface area contributed by atoms with Crippen LogP contribution in [0, 0.1) is 0 Å². The molecular formula is C15H18N2O3. The van der Waals surface area contributed by atoms with Gasteiger partial charge in [0, 0.05) is 11.8 Å². The lowest BCUT2D eigenvalue weighted by atomic mass is 9.84. The molecule has 1 unspecified atom stereocenters. The largest absolute Gasteiger partial charge is 0.491 e. The number of hydrogen-bond donors (Lipinski definition) is 2. The van der Waals surface area contributed by atoms with Crippen LogP contribution >= 0.6 is 0 Å². The van der Waals surface area contributed by atoms with E-state index in [4.69, 9.17) is 4.74 Å². The van der Waals surface area contributed by atoms with Crippen LogP contribution in [0.4, 0.5) is 0 Å². The van der Waals surface area contributed by atoms with E-state index in [1.807, 2.05) is 38.1 Å². The van der Waals surface area contributed by atoms with Crippen molar-refractivity contribution < 1.29 is 14.6 Å². The molecule has 0 radical (unpaired) electrons. The topological polar surface area (TPSA) is 70.9 Å². The first-order valence-electron chi connectivity index (χ1n) is 6.45. The predicted molar refractivity (Wildman–Crippen MR) is 76.9 cm³/mol. The lowest BCUT2D eigenvalue weighted by molar-refractivity contribution is -0.133. The fraction of sp³-hybridized carbons (Fsp3) is 0.333. The van der Waals surface area contributed by atoms with Gasteiger partial charge in [-0.1, -0.05) is 18.2 Å². The van der Waals surface area contributed by atoms with Crippen molar-refractivity contribution in [3.05, 3.63) is 41.6 Å². The number of nitrogens with one attached hydrogen (secondary N) is 1. The Balaban J connectivity index is 2.53. The number of aliphatic imine (C=N–C) groups is 1. The molecule has 1 heterocycles. The van der Waals surface area contributed by atoms with Crippen LogP contribution < -0.4 is 10.1 Å². The zero-order valence-corrected chi connectivity index (χ0v) is 11.8. The van der Waals surface area contributed by atoms with Gasteiger partial charge in [0.05, 0.1) is 18.0 Å². The van der Waals surface area contributed by atoms with E-state index in [-0.39, 0.29) is 11.7 Å². The summed E-state index contributed by atoms with van der Waals surface area (Å²) in [7, 11) is 0. The first-order valence-corrected chi connectivity index (χ1v) is 6.45. The standard InChI is InChI=1S/C15H18N2O3/c1-10(2)20-13-7-5-4-6-11(13)15(3)12(14(18)19)8-16-9-17-15/h4-10H,1-3H3,(H,16,17)(H,18,19). The number of carboxylic acid groups (broad SMARTS) is 1. The molecule has 0 saturated carbocycles. The van der Waals surface area contributed by atoms with E-state index in [1.54, 1.807) is 6.92 Å². The Bertz CT molecular complexity index is 578. The zero-order valence-electron chi connectivity index (χ0n) is 11.8. The summed E-state index contributed by atoms with van der Waals surface area (Å²) in [6, 6.07) is 7.39. The summed E-state index contributed by atoms with van der Waals surface area (Å²) in [6.45, 7) is 5.63. The number of para-hydroxylation sites is 1. The van der Waals surface area contributed by atoms with Crippen LogP contribution in [0.5, 0.6) is 5.75 Å². The van der Waals surface area contributed by atoms with E-state index in [2.05, 4.69) is 10.3 Å². The van der Waals surface area contributed by atoms with Crippen molar-refractivity contribution in [3.63, 3.8) is 0 Å². The molecular weight excluding hydrogens is 256 g/mol. The molecule has 2 N–H and O–H groups in total. The fourth-order valence-electron chi connectivity index (χ4n) is 2.21. The van der Waals surface area contributed by atoms with Gasteiger partial charge in [0.25, 0.3) is 0 Å². The van der Waals surface area contributed by atoms with E-state index in [9.17, 15) is 9.90 Å². The highest BCUT2D eigenvalue weighted by Gasteiger charge is 2.38. The highest BCUT2D eigenvalue weighted by Crippen LogP contribution is 2.39. The highest BCUT2D eigenvalue weighted by molar-refractivity contribution is 5.91. The Morgan fingerprint density at radius 2 is 2.10 bits per heavy atom. The third kappa shape index (κ3) is 2.52. The van der Waals surface area contributed by atoms with Gasteiger partial charge in [-0.2, -0.15) is 0 Å². The summed E-state index contributed by atoms with van der Waals surface area (Å²) in [5, 5.41) is 12.1. The molecule has 1 aromatic rings. The maximum Gasteiger partial charge on any atom is 0.335 e. The number of nitrogens with zero attached hydrogens (tertiary/aromatic N) is 1. The molecule has 20 heavy (non-hydrogen) atoms. The number of benzene rings is 1. The second kappa shape index (κ2) is 5.36. The van der Waals surface area contributed by atoms with Crippen molar-refractivity contribution in [3.8, 4) is 5.75 Å². The maximum absolute atomic E-state index is 11.5. The van der Waals surface area contributed by atoms with Crippen molar-refractivity contribution in [1.82, 2.24) is 5.32 Å². The molecule has 0 amide bonds. The van der Waals surface area contributed by atoms with Crippen LogP contribution in [0.25, 0.3) is 0 Å². The molecule has 1 aromatic carbocycles. The number of aliphatic carboxylic acids is 1. The predicted octanol–water partition coefficient (Wildman–Crippen LogP) is 2.29. The van der Waals surface area contributed by atoms with Crippen LogP contribution in [0.1, 0.15) is 26.3 Å². The molecule has 1 atom stereocenters. The van der Waals surface area contributed by atoms with Gasteiger partial charge in [-0.15, -0.1) is 0 Å².